The molecule has 2 aliphatic heterocycles. The highest BCUT2D eigenvalue weighted by Gasteiger charge is 2.33. The second-order valence-corrected chi connectivity index (χ2v) is 12.4. The third kappa shape index (κ3) is 6.52. The number of fused-ring (bicyclic) bond motifs is 3. The summed E-state index contributed by atoms with van der Waals surface area (Å²) in [7, 11) is 0. The first-order valence-corrected chi connectivity index (χ1v) is 15.3. The molecule has 0 aliphatic carbocycles. The lowest BCUT2D eigenvalue weighted by molar-refractivity contribution is -0.134. The molecule has 1 unspecified atom stereocenters. The van der Waals surface area contributed by atoms with E-state index in [2.05, 4.69) is 66.2 Å². The van der Waals surface area contributed by atoms with Crippen molar-refractivity contribution < 1.29 is 14.3 Å². The molecular formula is C34H36N4O3S. The molecule has 6 rings (SSSR count). The van der Waals surface area contributed by atoms with Gasteiger partial charge in [-0.1, -0.05) is 80.2 Å². The fraction of sp³-hybridized carbons (Fsp3) is 0.294. The van der Waals surface area contributed by atoms with Gasteiger partial charge in [-0.25, -0.2) is 0 Å². The number of anilines is 2. The summed E-state index contributed by atoms with van der Waals surface area (Å²) in [6.45, 7) is 5.18. The summed E-state index contributed by atoms with van der Waals surface area (Å²) in [5, 5.41) is 20.9. The minimum Gasteiger partial charge on any atom is -0.354 e. The quantitative estimate of drug-likeness (QED) is 0.113. The number of nitrogens with one attached hydrogen (secondary N) is 4. The molecule has 1 amide bonds. The molecule has 0 bridgehead atoms. The van der Waals surface area contributed by atoms with Crippen molar-refractivity contribution in [1.29, 1.82) is 5.41 Å². The lowest BCUT2D eigenvalue weighted by Crippen LogP contribution is -2.52. The number of amidine groups is 1. The fourth-order valence-electron chi connectivity index (χ4n) is 5.45. The molecule has 3 atom stereocenters. The largest absolute Gasteiger partial charge is 0.354 e. The highest BCUT2D eigenvalue weighted by Crippen LogP contribution is 2.44. The van der Waals surface area contributed by atoms with E-state index in [1.165, 1.54) is 15.7 Å². The Morgan fingerprint density at radius 2 is 1.79 bits per heavy atom. The predicted octanol–water partition coefficient (Wildman–Crippen LogP) is 6.83. The van der Waals surface area contributed by atoms with Gasteiger partial charge in [0.05, 0.1) is 36.7 Å². The molecule has 216 valence electrons. The molecule has 0 saturated carbocycles. The second-order valence-electron chi connectivity index (χ2n) is 11.3. The number of rotatable bonds is 9. The zero-order valence-electron chi connectivity index (χ0n) is 23.9. The van der Waals surface area contributed by atoms with Crippen LogP contribution in [0.5, 0.6) is 0 Å². The second kappa shape index (κ2) is 12.7. The summed E-state index contributed by atoms with van der Waals surface area (Å²) in [6.07, 6.45) is 0.925. The highest BCUT2D eigenvalue weighted by atomic mass is 32.2. The van der Waals surface area contributed by atoms with Crippen LogP contribution in [0, 0.1) is 11.3 Å². The molecule has 4 aromatic carbocycles. The number of benzene rings is 4. The Kier molecular flexibility index (Phi) is 8.58. The van der Waals surface area contributed by atoms with Gasteiger partial charge in [0, 0.05) is 15.4 Å². The number of hydrogen-bond acceptors (Lipinski definition) is 7. The van der Waals surface area contributed by atoms with Crippen molar-refractivity contribution >= 4 is 45.7 Å². The van der Waals surface area contributed by atoms with E-state index in [4.69, 9.17) is 14.9 Å². The molecule has 7 nitrogen and oxygen atoms in total. The highest BCUT2D eigenvalue weighted by molar-refractivity contribution is 7.99. The lowest BCUT2D eigenvalue weighted by Gasteiger charge is -2.27. The van der Waals surface area contributed by atoms with Gasteiger partial charge < -0.3 is 20.1 Å². The Balaban J connectivity index is 1.09. The van der Waals surface area contributed by atoms with Gasteiger partial charge >= 0.3 is 0 Å². The van der Waals surface area contributed by atoms with Gasteiger partial charge in [0.25, 0.3) is 0 Å². The van der Waals surface area contributed by atoms with E-state index in [0.29, 0.717) is 25.2 Å². The fourth-order valence-corrected chi connectivity index (χ4v) is 6.42. The number of carbonyl (C=O) groups is 1. The molecule has 4 N–H and O–H groups in total. The van der Waals surface area contributed by atoms with Gasteiger partial charge in [0.2, 0.25) is 5.91 Å². The minimum atomic E-state index is -0.484. The molecule has 2 heterocycles. The molecular weight excluding hydrogens is 544 g/mol. The zero-order chi connectivity index (χ0) is 29.1. The van der Waals surface area contributed by atoms with Crippen molar-refractivity contribution in [1.82, 2.24) is 10.6 Å². The average molecular weight is 581 g/mol. The Morgan fingerprint density at radius 3 is 2.64 bits per heavy atom. The van der Waals surface area contributed by atoms with Crippen molar-refractivity contribution in [3.8, 4) is 0 Å². The Morgan fingerprint density at radius 1 is 1.00 bits per heavy atom. The summed E-state index contributed by atoms with van der Waals surface area (Å²) >= 11 is 1.70. The Labute approximate surface area is 250 Å². The van der Waals surface area contributed by atoms with Crippen LogP contribution in [0.2, 0.25) is 0 Å². The molecule has 8 heteroatoms. The van der Waals surface area contributed by atoms with Crippen LogP contribution in [0.15, 0.2) is 94.7 Å². The number of amides is 1. The molecule has 0 spiro atoms. The van der Waals surface area contributed by atoms with E-state index >= 15 is 0 Å². The number of ether oxygens (including phenoxy) is 2. The van der Waals surface area contributed by atoms with Gasteiger partial charge in [0.15, 0.2) is 6.29 Å². The lowest BCUT2D eigenvalue weighted by atomic mass is 10.0. The van der Waals surface area contributed by atoms with E-state index in [-0.39, 0.29) is 23.7 Å². The maximum atomic E-state index is 13.5. The van der Waals surface area contributed by atoms with Crippen LogP contribution in [-0.4, -0.2) is 36.7 Å². The normalized spacial score (nSPS) is 18.3. The van der Waals surface area contributed by atoms with Gasteiger partial charge in [-0.3, -0.25) is 15.5 Å². The summed E-state index contributed by atoms with van der Waals surface area (Å²) in [6, 6.07) is 27.9. The molecule has 42 heavy (non-hydrogen) atoms. The molecule has 1 saturated heterocycles. The topological polar surface area (TPSA) is 95.5 Å². The summed E-state index contributed by atoms with van der Waals surface area (Å²) in [4.78, 5) is 15.8. The van der Waals surface area contributed by atoms with E-state index < -0.39 is 12.3 Å². The van der Waals surface area contributed by atoms with Gasteiger partial charge in [-0.05, 0) is 65.4 Å². The maximum absolute atomic E-state index is 13.5. The maximum Gasteiger partial charge on any atom is 0.242 e. The smallest absolute Gasteiger partial charge is 0.242 e. The number of hydrogen-bond donors (Lipinski definition) is 4. The van der Waals surface area contributed by atoms with Crippen LogP contribution < -0.4 is 16.0 Å². The standard InChI is InChI=1S/C34H36N4O3S/c1-21(2)17-29(37-27-15-16-40-34(27)41-20-22-11-12-23-7-3-4-8-24(23)18-22)33(39)38-32(35)25-13-14-31-28(19-25)36-26-9-5-6-10-30(26)42-31/h3-14,18-19,21,27,29,34,36-37H,15-17,20H2,1-2H3,(H2,35,38,39)/t27-,29-,34?/m0/s1. The molecule has 0 aromatic heterocycles. The van der Waals surface area contributed by atoms with Crippen molar-refractivity contribution in [2.75, 3.05) is 11.9 Å². The van der Waals surface area contributed by atoms with Crippen LogP contribution in [-0.2, 0) is 20.9 Å². The van der Waals surface area contributed by atoms with E-state index in [1.807, 2.05) is 48.5 Å². The molecule has 4 aromatic rings. The number of carbonyl (C=O) groups excluding carboxylic acids is 1. The predicted molar refractivity (Wildman–Crippen MR) is 169 cm³/mol. The van der Waals surface area contributed by atoms with Crippen LogP contribution >= 0.6 is 11.8 Å². The van der Waals surface area contributed by atoms with Gasteiger partial charge in [-0.15, -0.1) is 0 Å². The Bertz CT molecular complexity index is 1610. The van der Waals surface area contributed by atoms with Crippen LogP contribution in [0.4, 0.5) is 11.4 Å². The van der Waals surface area contributed by atoms with Crippen LogP contribution in [0.25, 0.3) is 10.8 Å². The van der Waals surface area contributed by atoms with E-state index in [1.54, 1.807) is 11.8 Å². The first-order valence-electron chi connectivity index (χ1n) is 14.5. The first-order chi connectivity index (χ1) is 20.4. The molecule has 1 fully saturated rings. The third-order valence-corrected chi connectivity index (χ3v) is 8.75. The summed E-state index contributed by atoms with van der Waals surface area (Å²) in [5.74, 6) is 0.141. The van der Waals surface area contributed by atoms with Gasteiger partial charge in [0.1, 0.15) is 5.84 Å². The van der Waals surface area contributed by atoms with Crippen LogP contribution in [0.1, 0.15) is 37.8 Å². The van der Waals surface area contributed by atoms with Crippen molar-refractivity contribution in [3.05, 3.63) is 96.1 Å². The van der Waals surface area contributed by atoms with Gasteiger partial charge in [-0.2, -0.15) is 0 Å². The van der Waals surface area contributed by atoms with E-state index in [0.717, 1.165) is 28.3 Å². The summed E-state index contributed by atoms with van der Waals surface area (Å²) in [5.41, 5.74) is 3.70. The molecule has 2 aliphatic rings. The first kappa shape index (κ1) is 28.4. The zero-order valence-corrected chi connectivity index (χ0v) is 24.7. The number of para-hydroxylation sites is 1. The summed E-state index contributed by atoms with van der Waals surface area (Å²) < 4.78 is 12.1. The third-order valence-electron chi connectivity index (χ3n) is 7.60. The molecule has 0 radical (unpaired) electrons. The average Bonchev–Trinajstić information content (AvgIpc) is 3.44. The minimum absolute atomic E-state index is 0.0794. The van der Waals surface area contributed by atoms with Crippen molar-refractivity contribution in [3.63, 3.8) is 0 Å². The van der Waals surface area contributed by atoms with Crippen molar-refractivity contribution in [2.24, 2.45) is 5.92 Å². The van der Waals surface area contributed by atoms with E-state index in [9.17, 15) is 4.79 Å². The monoisotopic (exact) mass is 580 g/mol. The van der Waals surface area contributed by atoms with Crippen LogP contribution in [0.3, 0.4) is 0 Å². The SMILES string of the molecule is CC(C)C[C@H](N[C@H]1CCOC1OCc1ccc2ccccc2c1)C(=O)NC(=N)c1ccc2c(c1)Nc1ccccc1S2. The van der Waals surface area contributed by atoms with Crippen molar-refractivity contribution in [2.45, 2.75) is 61.5 Å². The Hall–Kier alpha value is -3.69.